The van der Waals surface area contributed by atoms with Crippen LogP contribution >= 0.6 is 0 Å². The van der Waals surface area contributed by atoms with E-state index >= 15 is 9.59 Å². The van der Waals surface area contributed by atoms with E-state index in [9.17, 15) is 63.3 Å². The van der Waals surface area contributed by atoms with Gasteiger partial charge < -0.3 is 75.5 Å². The lowest BCUT2D eigenvalue weighted by Crippen LogP contribution is -2.63. The Morgan fingerprint density at radius 3 is 1.42 bits per heavy atom. The second kappa shape index (κ2) is 42.1. The van der Waals surface area contributed by atoms with Crippen molar-refractivity contribution in [3.05, 3.63) is 12.2 Å². The van der Waals surface area contributed by atoms with Crippen LogP contribution in [-0.2, 0) is 62.2 Å². The summed E-state index contributed by atoms with van der Waals surface area (Å²) in [7, 11) is 9.63. The van der Waals surface area contributed by atoms with Crippen LogP contribution in [0.15, 0.2) is 12.2 Å². The number of aliphatic hydroxyl groups is 2. The molecule has 0 aliphatic carbocycles. The molecule has 0 aliphatic rings. The molecule has 0 aromatic rings. The molecule has 0 aliphatic heterocycles. The number of carbonyl (C=O) groups is 12. The maximum absolute atomic E-state index is 15.1. The number of amides is 11. The first-order valence-corrected chi connectivity index (χ1v) is 34.2. The zero-order valence-electron chi connectivity index (χ0n) is 63.3. The van der Waals surface area contributed by atoms with Crippen LogP contribution in [0.5, 0.6) is 0 Å². The van der Waals surface area contributed by atoms with Crippen LogP contribution in [0.1, 0.15) is 176 Å². The van der Waals surface area contributed by atoms with Gasteiger partial charge in [0.15, 0.2) is 0 Å². The Balaban J connectivity index is 7.05. The summed E-state index contributed by atoms with van der Waals surface area (Å²) in [6.07, 6.45) is 1.96. The molecule has 0 saturated heterocycles. The van der Waals surface area contributed by atoms with Gasteiger partial charge in [-0.3, -0.25) is 57.6 Å². The zero-order valence-corrected chi connectivity index (χ0v) is 63.3. The minimum Gasteiger partial charge on any atom is -0.480 e. The molecule has 0 fully saturated rings. The van der Waals surface area contributed by atoms with Crippen LogP contribution in [0.3, 0.4) is 0 Å². The maximum atomic E-state index is 15.1. The normalized spacial score (nSPS) is 15.9. The number of carboxylic acids is 1. The van der Waals surface area contributed by atoms with Crippen LogP contribution in [0, 0.1) is 35.5 Å². The molecule has 13 atom stereocenters. The third-order valence-corrected chi connectivity index (χ3v) is 17.0. The van der Waals surface area contributed by atoms with Crippen LogP contribution in [0.2, 0.25) is 0 Å². The van der Waals surface area contributed by atoms with Gasteiger partial charge in [-0.05, 0) is 129 Å². The molecule has 0 aromatic carbocycles. The molecule has 0 radical (unpaired) electrons. The monoisotopic (exact) mass is 1380 g/mol. The molecule has 0 unspecified atom stereocenters. The van der Waals surface area contributed by atoms with Gasteiger partial charge in [0.25, 0.3) is 0 Å². The third kappa shape index (κ3) is 28.4. The first-order valence-electron chi connectivity index (χ1n) is 34.2. The highest BCUT2D eigenvalue weighted by Gasteiger charge is 2.46. The fraction of sp³-hybridized carbons (Fsp3) is 0.797. The molecule has 28 heteroatoms. The van der Waals surface area contributed by atoms with E-state index < -0.39 is 174 Å². The number of likely N-dealkylation sites (N-methyl/N-ethyl adjacent to an activating group) is 7. The Hall–Kier alpha value is -6.94. The van der Waals surface area contributed by atoms with Crippen LogP contribution in [-0.4, -0.2) is 268 Å². The van der Waals surface area contributed by atoms with Gasteiger partial charge >= 0.3 is 12.1 Å². The molecule has 97 heavy (non-hydrogen) atoms. The summed E-state index contributed by atoms with van der Waals surface area (Å²) in [5, 5.41) is 41.3. The van der Waals surface area contributed by atoms with Gasteiger partial charge in [-0.2, -0.15) is 0 Å². The van der Waals surface area contributed by atoms with Crippen molar-refractivity contribution in [2.75, 3.05) is 69.1 Å². The molecule has 0 saturated carbocycles. The molecule has 0 bridgehead atoms. The Bertz CT molecular complexity index is 2630. The Morgan fingerprint density at radius 2 is 0.969 bits per heavy atom. The highest BCUT2D eigenvalue weighted by atomic mass is 16.6. The van der Waals surface area contributed by atoms with E-state index in [1.807, 2.05) is 41.5 Å². The van der Waals surface area contributed by atoms with Gasteiger partial charge in [-0.15, -0.1) is 0 Å². The number of ether oxygens (including phenoxy) is 2. The summed E-state index contributed by atoms with van der Waals surface area (Å²) >= 11 is 0. The number of carboxylic acid groups (broad SMARTS) is 1. The highest BCUT2D eigenvalue weighted by Crippen LogP contribution is 2.26. The van der Waals surface area contributed by atoms with E-state index in [-0.39, 0.29) is 56.7 Å². The molecule has 11 amide bonds. The number of carbonyl (C=O) groups excluding carboxylic acids is 11. The lowest BCUT2D eigenvalue weighted by molar-refractivity contribution is -0.157. The molecule has 558 valence electrons. The number of hydrogen-bond acceptors (Lipinski definition) is 16. The van der Waals surface area contributed by atoms with E-state index in [1.54, 1.807) is 88.3 Å². The van der Waals surface area contributed by atoms with Crippen molar-refractivity contribution in [1.82, 2.24) is 55.6 Å². The molecule has 0 heterocycles. The summed E-state index contributed by atoms with van der Waals surface area (Å²) in [6.45, 7) is 31.9. The van der Waals surface area contributed by atoms with Gasteiger partial charge in [0, 0.05) is 62.5 Å². The van der Waals surface area contributed by atoms with Crippen LogP contribution in [0.25, 0.3) is 0 Å². The number of allylic oxidation sites excluding steroid dienone is 2. The highest BCUT2D eigenvalue weighted by molar-refractivity contribution is 5.99. The molecule has 0 rings (SSSR count). The number of unbranched alkanes of at least 4 members (excludes halogenated alkanes) is 1. The summed E-state index contributed by atoms with van der Waals surface area (Å²) in [4.78, 5) is 177. The van der Waals surface area contributed by atoms with E-state index in [0.29, 0.717) is 19.3 Å². The summed E-state index contributed by atoms with van der Waals surface area (Å²) < 4.78 is 11.5. The predicted octanol–water partition coefficient (Wildman–Crippen LogP) is 3.88. The molecule has 0 spiro atoms. The predicted molar refractivity (Wildman–Crippen MR) is 370 cm³/mol. The fourth-order valence-electron chi connectivity index (χ4n) is 11.2. The van der Waals surface area contributed by atoms with Gasteiger partial charge in [0.05, 0.1) is 12.2 Å². The largest absolute Gasteiger partial charge is 0.480 e. The van der Waals surface area contributed by atoms with Gasteiger partial charge in [-0.25, -0.2) is 4.79 Å². The minimum atomic E-state index is -1.61. The van der Waals surface area contributed by atoms with Crippen molar-refractivity contribution in [3.8, 4) is 0 Å². The summed E-state index contributed by atoms with van der Waals surface area (Å²) in [5.74, 6) is -10.7. The second-order valence-corrected chi connectivity index (χ2v) is 28.9. The third-order valence-electron chi connectivity index (χ3n) is 17.0. The zero-order chi connectivity index (χ0) is 75.6. The lowest BCUT2D eigenvalue weighted by Gasteiger charge is -2.41. The molecule has 0 aromatic heterocycles. The van der Waals surface area contributed by atoms with E-state index in [1.165, 1.54) is 82.8 Å². The minimum absolute atomic E-state index is 0.0443. The molecular weight excluding hydrogens is 1250 g/mol. The number of aliphatic hydroxyl groups excluding tert-OH is 2. The quantitative estimate of drug-likeness (QED) is 0.0337. The van der Waals surface area contributed by atoms with Crippen LogP contribution < -0.4 is 21.3 Å². The van der Waals surface area contributed by atoms with Crippen LogP contribution in [0.4, 0.5) is 4.79 Å². The first-order chi connectivity index (χ1) is 44.7. The molecule has 7 N–H and O–H groups in total. The van der Waals surface area contributed by atoms with Crippen molar-refractivity contribution in [2.24, 2.45) is 35.5 Å². The molecular formula is C69H125N11O17. The Labute approximate surface area is 578 Å². The average molecular weight is 1380 g/mol. The smallest absolute Gasteiger partial charge is 0.410 e. The topological polar surface area (TPSA) is 355 Å². The number of nitrogens with one attached hydrogen (secondary N) is 4. The van der Waals surface area contributed by atoms with Crippen molar-refractivity contribution >= 4 is 71.1 Å². The number of hydrogen-bond donors (Lipinski definition) is 7. The van der Waals surface area contributed by atoms with Gasteiger partial charge in [0.2, 0.25) is 59.1 Å². The van der Waals surface area contributed by atoms with Crippen molar-refractivity contribution in [1.29, 1.82) is 0 Å². The standard InChI is InChI=1S/C69H125N11O17/c1-27-29-32-44(13)57(84)56(61(88)72-48(28-2)63(90)74(20)38-52(82)83)79(25)67(94)54(43(11)12)78(24)65(92)51(37-41(7)8)77(23)64(91)50(36-40(5)6)76(22)62(89)46(15)71-58(85)45(14)70-59(86)49(35-39(3)4)75(21)66(93)53(42(9)10)73-60(87)55(47(16)96-34-31-30-33-81)80(26)68(95)97-69(17,18)19/h27,29,39-51,53-57,81,84H,28,30-38H2,1-26H3,(H,70,86)(H,71,85)(H,72,88)(H,73,87)(H,82,83)/b29-27+/t44-,45+,46-,47+,48+,49+,50+,51+,53+,54+,55+,56+,57-/m1/s1. The summed E-state index contributed by atoms with van der Waals surface area (Å²) in [5.41, 5.74) is -0.907. The van der Waals surface area contributed by atoms with Crippen molar-refractivity contribution in [3.63, 3.8) is 0 Å². The Morgan fingerprint density at radius 1 is 0.505 bits per heavy atom. The van der Waals surface area contributed by atoms with Gasteiger partial charge in [0.1, 0.15) is 72.6 Å². The Kier molecular flexibility index (Phi) is 39.1. The maximum Gasteiger partial charge on any atom is 0.410 e. The van der Waals surface area contributed by atoms with E-state index in [2.05, 4.69) is 21.3 Å². The first kappa shape index (κ1) is 90.1. The average Bonchev–Trinajstić information content (AvgIpc) is 0.812. The van der Waals surface area contributed by atoms with Crippen molar-refractivity contribution in [2.45, 2.75) is 255 Å². The lowest BCUT2D eigenvalue weighted by atomic mass is 9.91. The number of rotatable bonds is 41. The fourth-order valence-corrected chi connectivity index (χ4v) is 11.2. The number of nitrogens with zero attached hydrogens (tertiary/aromatic N) is 7. The summed E-state index contributed by atoms with van der Waals surface area (Å²) in [6, 6.07) is -12.7. The van der Waals surface area contributed by atoms with Gasteiger partial charge in [-0.1, -0.05) is 95.2 Å². The number of aliphatic carboxylic acids is 1. The SMILES string of the molecule is C/C=C/C[C@@H](C)[C@@H](O)[C@@H](C(=O)N[C@@H](CC)C(=O)N(C)CC(=O)O)N(C)C(=O)[C@H](C(C)C)N(C)C(=O)[C@H](CC(C)C)N(C)C(=O)[C@H](CC(C)C)N(C)C(=O)[C@@H](C)NC(=O)[C@H](C)NC(=O)[C@H](CC(C)C)N(C)C(=O)[C@@H](NC(=O)[C@H]([C@H](C)OCCCCO)N(C)C(=O)OC(C)(C)C)C(C)C. The molecule has 28 nitrogen and oxygen atoms in total. The van der Waals surface area contributed by atoms with Crippen molar-refractivity contribution < 1.29 is 82.3 Å². The second-order valence-electron chi connectivity index (χ2n) is 28.9. The van der Waals surface area contributed by atoms with E-state index in [4.69, 9.17) is 9.47 Å². The van der Waals surface area contributed by atoms with E-state index in [0.717, 1.165) is 14.7 Å².